The standard InChI is InChI=1S/C14H19NO2.C2H6/c1-11(12-7-4-3-5-8-12)15-10-6-9-13(15)14(16)17-2;1-2/h3-5,7-8,11,13H,6,9-10H2,1-2H3;1-2H3. The molecule has 19 heavy (non-hydrogen) atoms. The van der Waals surface area contributed by atoms with E-state index in [0.717, 1.165) is 19.4 Å². The minimum atomic E-state index is -0.106. The van der Waals surface area contributed by atoms with Gasteiger partial charge in [-0.15, -0.1) is 0 Å². The molecule has 0 spiro atoms. The maximum Gasteiger partial charge on any atom is 0.323 e. The Labute approximate surface area is 116 Å². The van der Waals surface area contributed by atoms with Crippen molar-refractivity contribution in [3.63, 3.8) is 0 Å². The summed E-state index contributed by atoms with van der Waals surface area (Å²) in [6.45, 7) is 7.12. The predicted molar refractivity (Wildman–Crippen MR) is 77.9 cm³/mol. The van der Waals surface area contributed by atoms with E-state index in [-0.39, 0.29) is 18.1 Å². The van der Waals surface area contributed by atoms with Crippen LogP contribution in [0.4, 0.5) is 0 Å². The van der Waals surface area contributed by atoms with Crippen molar-refractivity contribution in [1.29, 1.82) is 0 Å². The molecule has 1 aromatic rings. The molecule has 0 aromatic heterocycles. The summed E-state index contributed by atoms with van der Waals surface area (Å²) in [5.74, 6) is -0.106. The molecule has 0 N–H and O–H groups in total. The van der Waals surface area contributed by atoms with Crippen molar-refractivity contribution < 1.29 is 9.53 Å². The molecule has 1 heterocycles. The number of hydrogen-bond donors (Lipinski definition) is 0. The van der Waals surface area contributed by atoms with Gasteiger partial charge in [0.1, 0.15) is 6.04 Å². The van der Waals surface area contributed by atoms with Crippen LogP contribution in [0, 0.1) is 0 Å². The molecule has 0 amide bonds. The molecule has 1 saturated heterocycles. The highest BCUT2D eigenvalue weighted by Crippen LogP contribution is 2.29. The Bertz CT molecular complexity index is 378. The molecular weight excluding hydrogens is 238 g/mol. The molecule has 0 saturated carbocycles. The van der Waals surface area contributed by atoms with Gasteiger partial charge in [0, 0.05) is 6.04 Å². The summed E-state index contributed by atoms with van der Waals surface area (Å²) in [5, 5.41) is 0. The molecule has 3 heteroatoms. The van der Waals surface area contributed by atoms with E-state index in [1.165, 1.54) is 12.7 Å². The molecule has 1 aliphatic heterocycles. The molecule has 1 fully saturated rings. The molecule has 2 rings (SSSR count). The lowest BCUT2D eigenvalue weighted by molar-refractivity contribution is -0.146. The molecule has 106 valence electrons. The predicted octanol–water partition coefficient (Wildman–Crippen LogP) is 3.41. The highest BCUT2D eigenvalue weighted by Gasteiger charge is 2.34. The molecule has 2 unspecified atom stereocenters. The number of benzene rings is 1. The largest absolute Gasteiger partial charge is 0.468 e. The van der Waals surface area contributed by atoms with Gasteiger partial charge in [-0.25, -0.2) is 0 Å². The SMILES string of the molecule is CC.COC(=O)C1CCCN1C(C)c1ccccc1. The van der Waals surface area contributed by atoms with Crippen molar-refractivity contribution in [2.75, 3.05) is 13.7 Å². The van der Waals surface area contributed by atoms with E-state index in [2.05, 4.69) is 24.0 Å². The lowest BCUT2D eigenvalue weighted by Crippen LogP contribution is -2.38. The summed E-state index contributed by atoms with van der Waals surface area (Å²) in [6, 6.07) is 10.5. The number of likely N-dealkylation sites (tertiary alicyclic amines) is 1. The Morgan fingerprint density at radius 3 is 2.53 bits per heavy atom. The molecular formula is C16H25NO2. The van der Waals surface area contributed by atoms with Crippen LogP contribution in [0.5, 0.6) is 0 Å². The zero-order chi connectivity index (χ0) is 14.3. The normalized spacial score (nSPS) is 20.3. The van der Waals surface area contributed by atoms with Gasteiger partial charge in [0.2, 0.25) is 0 Å². The van der Waals surface area contributed by atoms with Crippen LogP contribution in [0.25, 0.3) is 0 Å². The van der Waals surface area contributed by atoms with Crippen molar-refractivity contribution in [3.8, 4) is 0 Å². The molecule has 2 atom stereocenters. The van der Waals surface area contributed by atoms with Crippen LogP contribution in [-0.2, 0) is 9.53 Å². The number of ether oxygens (including phenoxy) is 1. The Morgan fingerprint density at radius 1 is 1.32 bits per heavy atom. The minimum absolute atomic E-state index is 0.0739. The smallest absolute Gasteiger partial charge is 0.323 e. The molecule has 3 nitrogen and oxygen atoms in total. The summed E-state index contributed by atoms with van der Waals surface area (Å²) >= 11 is 0. The number of rotatable bonds is 3. The average Bonchev–Trinajstić information content (AvgIpc) is 2.98. The zero-order valence-corrected chi connectivity index (χ0v) is 12.4. The third kappa shape index (κ3) is 3.80. The fourth-order valence-corrected chi connectivity index (χ4v) is 2.56. The van der Waals surface area contributed by atoms with Gasteiger partial charge in [-0.2, -0.15) is 0 Å². The summed E-state index contributed by atoms with van der Waals surface area (Å²) in [5.41, 5.74) is 1.25. The second-order valence-electron chi connectivity index (χ2n) is 4.51. The number of esters is 1. The van der Waals surface area contributed by atoms with Crippen LogP contribution < -0.4 is 0 Å². The van der Waals surface area contributed by atoms with Crippen LogP contribution in [0.2, 0.25) is 0 Å². The van der Waals surface area contributed by atoms with Gasteiger partial charge < -0.3 is 4.74 Å². The third-order valence-electron chi connectivity index (χ3n) is 3.55. The van der Waals surface area contributed by atoms with Crippen LogP contribution in [0.15, 0.2) is 30.3 Å². The lowest BCUT2D eigenvalue weighted by atomic mass is 10.1. The number of carbonyl (C=O) groups is 1. The number of nitrogens with zero attached hydrogens (tertiary/aromatic N) is 1. The summed E-state index contributed by atoms with van der Waals surface area (Å²) < 4.78 is 4.87. The Balaban J connectivity index is 0.000000861. The van der Waals surface area contributed by atoms with Crippen LogP contribution in [-0.4, -0.2) is 30.6 Å². The van der Waals surface area contributed by atoms with Gasteiger partial charge in [0.15, 0.2) is 0 Å². The number of hydrogen-bond acceptors (Lipinski definition) is 3. The highest BCUT2D eigenvalue weighted by molar-refractivity contribution is 5.76. The van der Waals surface area contributed by atoms with E-state index in [0.29, 0.717) is 0 Å². The maximum atomic E-state index is 11.7. The van der Waals surface area contributed by atoms with E-state index >= 15 is 0 Å². The molecule has 1 aliphatic rings. The highest BCUT2D eigenvalue weighted by atomic mass is 16.5. The first-order chi connectivity index (χ1) is 9.24. The zero-order valence-electron chi connectivity index (χ0n) is 12.4. The summed E-state index contributed by atoms with van der Waals surface area (Å²) in [7, 11) is 1.46. The van der Waals surface area contributed by atoms with Gasteiger partial charge in [0.25, 0.3) is 0 Å². The van der Waals surface area contributed by atoms with Crippen molar-refractivity contribution in [3.05, 3.63) is 35.9 Å². The first-order valence-corrected chi connectivity index (χ1v) is 7.12. The van der Waals surface area contributed by atoms with Crippen LogP contribution in [0.3, 0.4) is 0 Å². The maximum absolute atomic E-state index is 11.7. The average molecular weight is 263 g/mol. The molecule has 0 bridgehead atoms. The Morgan fingerprint density at radius 2 is 1.95 bits per heavy atom. The fourth-order valence-electron chi connectivity index (χ4n) is 2.56. The minimum Gasteiger partial charge on any atom is -0.468 e. The first-order valence-electron chi connectivity index (χ1n) is 7.12. The fraction of sp³-hybridized carbons (Fsp3) is 0.562. The van der Waals surface area contributed by atoms with Crippen molar-refractivity contribution in [2.45, 2.75) is 45.7 Å². The molecule has 0 radical (unpaired) electrons. The number of carbonyl (C=O) groups excluding carboxylic acids is 1. The topological polar surface area (TPSA) is 29.5 Å². The second kappa shape index (κ2) is 7.95. The van der Waals surface area contributed by atoms with Gasteiger partial charge in [-0.3, -0.25) is 9.69 Å². The van der Waals surface area contributed by atoms with E-state index < -0.39 is 0 Å². The summed E-state index contributed by atoms with van der Waals surface area (Å²) in [6.07, 6.45) is 1.97. The second-order valence-corrected chi connectivity index (χ2v) is 4.51. The van der Waals surface area contributed by atoms with Crippen LogP contribution in [0.1, 0.15) is 45.2 Å². The van der Waals surface area contributed by atoms with Crippen molar-refractivity contribution in [2.24, 2.45) is 0 Å². The van der Waals surface area contributed by atoms with E-state index in [1.54, 1.807) is 0 Å². The Kier molecular flexibility index (Phi) is 6.57. The first kappa shape index (κ1) is 15.7. The van der Waals surface area contributed by atoms with Crippen molar-refractivity contribution >= 4 is 5.97 Å². The van der Waals surface area contributed by atoms with Crippen molar-refractivity contribution in [1.82, 2.24) is 4.90 Å². The van der Waals surface area contributed by atoms with E-state index in [1.807, 2.05) is 32.0 Å². The van der Waals surface area contributed by atoms with E-state index in [9.17, 15) is 4.79 Å². The van der Waals surface area contributed by atoms with Gasteiger partial charge in [-0.05, 0) is 31.9 Å². The van der Waals surface area contributed by atoms with Gasteiger partial charge in [0.05, 0.1) is 7.11 Å². The summed E-state index contributed by atoms with van der Waals surface area (Å²) in [4.78, 5) is 13.9. The third-order valence-corrected chi connectivity index (χ3v) is 3.55. The Hall–Kier alpha value is -1.35. The van der Waals surface area contributed by atoms with Gasteiger partial charge in [-0.1, -0.05) is 44.2 Å². The molecule has 0 aliphatic carbocycles. The van der Waals surface area contributed by atoms with Gasteiger partial charge >= 0.3 is 5.97 Å². The molecule has 1 aromatic carbocycles. The van der Waals surface area contributed by atoms with Crippen LogP contribution >= 0.6 is 0 Å². The monoisotopic (exact) mass is 263 g/mol. The van der Waals surface area contributed by atoms with E-state index in [4.69, 9.17) is 4.74 Å². The quantitative estimate of drug-likeness (QED) is 0.783. The lowest BCUT2D eigenvalue weighted by Gasteiger charge is -2.29. The number of methoxy groups -OCH3 is 1.